The molecule has 1 N–H and O–H groups in total. The van der Waals surface area contributed by atoms with Crippen molar-refractivity contribution in [1.29, 1.82) is 0 Å². The third kappa shape index (κ3) is 8.32. The fourth-order valence-electron chi connectivity index (χ4n) is 5.64. The van der Waals surface area contributed by atoms with E-state index in [9.17, 15) is 18.0 Å². The number of carboxylic acids is 1. The van der Waals surface area contributed by atoms with E-state index in [1.54, 1.807) is 62.0 Å². The van der Waals surface area contributed by atoms with Gasteiger partial charge in [0.15, 0.2) is 12.4 Å². The zero-order valence-corrected chi connectivity index (χ0v) is 27.1. The monoisotopic (exact) mass is 659 g/mol. The summed E-state index contributed by atoms with van der Waals surface area (Å²) in [6.45, 7) is 1.61. The van der Waals surface area contributed by atoms with Gasteiger partial charge in [0.2, 0.25) is 10.0 Å². The molecule has 12 heteroatoms. The molecule has 1 aliphatic heterocycles. The van der Waals surface area contributed by atoms with E-state index >= 15 is 0 Å². The van der Waals surface area contributed by atoms with Crippen molar-refractivity contribution in [2.24, 2.45) is 0 Å². The SMILES string of the molecule is COc1ccc(CCC(OC(=O)C2CCCCN2S(=O)(=O)c2ccc(-c3ncccn3)cc2)c2cccc(OCC(=O)O)c2)cc1C. The van der Waals surface area contributed by atoms with Gasteiger partial charge in [-0.1, -0.05) is 24.3 Å². The Labute approximate surface area is 274 Å². The Bertz CT molecular complexity index is 1800. The van der Waals surface area contributed by atoms with Crippen molar-refractivity contribution in [2.75, 3.05) is 20.3 Å². The summed E-state index contributed by atoms with van der Waals surface area (Å²) in [4.78, 5) is 33.5. The van der Waals surface area contributed by atoms with Crippen LogP contribution < -0.4 is 9.47 Å². The molecule has 1 fully saturated rings. The summed E-state index contributed by atoms with van der Waals surface area (Å²) in [5.74, 6) is -0.200. The van der Waals surface area contributed by atoms with Crippen LogP contribution in [0.15, 0.2) is 90.1 Å². The van der Waals surface area contributed by atoms with Crippen molar-refractivity contribution in [1.82, 2.24) is 14.3 Å². The highest BCUT2D eigenvalue weighted by Gasteiger charge is 2.39. The molecule has 0 amide bonds. The van der Waals surface area contributed by atoms with Gasteiger partial charge in [0, 0.05) is 24.5 Å². The van der Waals surface area contributed by atoms with Gasteiger partial charge in [0.05, 0.1) is 12.0 Å². The molecule has 0 aliphatic carbocycles. The highest BCUT2D eigenvalue weighted by atomic mass is 32.2. The summed E-state index contributed by atoms with van der Waals surface area (Å²) in [5, 5.41) is 9.06. The molecule has 5 rings (SSSR count). The number of esters is 1. The van der Waals surface area contributed by atoms with Crippen molar-refractivity contribution in [3.05, 3.63) is 102 Å². The number of rotatable bonds is 13. The molecule has 1 saturated heterocycles. The van der Waals surface area contributed by atoms with E-state index in [2.05, 4.69) is 9.97 Å². The molecule has 4 aromatic rings. The van der Waals surface area contributed by atoms with Crippen LogP contribution in [0.25, 0.3) is 11.4 Å². The number of carbonyl (C=O) groups is 2. The molecule has 2 unspecified atom stereocenters. The molecular weight excluding hydrogens is 622 g/mol. The zero-order chi connectivity index (χ0) is 33.4. The van der Waals surface area contributed by atoms with E-state index in [1.165, 1.54) is 16.4 Å². The lowest BCUT2D eigenvalue weighted by Crippen LogP contribution is -2.48. The van der Waals surface area contributed by atoms with Crippen LogP contribution in [0.2, 0.25) is 0 Å². The summed E-state index contributed by atoms with van der Waals surface area (Å²) in [6, 6.07) is 19.6. The molecule has 0 spiro atoms. The van der Waals surface area contributed by atoms with Crippen molar-refractivity contribution < 1.29 is 37.3 Å². The Morgan fingerprint density at radius 3 is 2.47 bits per heavy atom. The summed E-state index contributed by atoms with van der Waals surface area (Å²) in [7, 11) is -2.43. The smallest absolute Gasteiger partial charge is 0.341 e. The van der Waals surface area contributed by atoms with Gasteiger partial charge in [-0.05, 0) is 104 Å². The average molecular weight is 660 g/mol. The first-order valence-electron chi connectivity index (χ1n) is 15.3. The van der Waals surface area contributed by atoms with Crippen LogP contribution in [0.3, 0.4) is 0 Å². The quantitative estimate of drug-likeness (QED) is 0.186. The largest absolute Gasteiger partial charge is 0.496 e. The molecule has 2 atom stereocenters. The van der Waals surface area contributed by atoms with Crippen molar-refractivity contribution in [2.45, 2.75) is 56.1 Å². The van der Waals surface area contributed by atoms with E-state index in [0.717, 1.165) is 16.9 Å². The van der Waals surface area contributed by atoms with Crippen LogP contribution in [0.4, 0.5) is 0 Å². The molecule has 0 radical (unpaired) electrons. The topological polar surface area (TPSA) is 145 Å². The van der Waals surface area contributed by atoms with Gasteiger partial charge in [0.1, 0.15) is 23.6 Å². The minimum absolute atomic E-state index is 0.0617. The van der Waals surface area contributed by atoms with Crippen molar-refractivity contribution >= 4 is 22.0 Å². The van der Waals surface area contributed by atoms with Gasteiger partial charge in [-0.2, -0.15) is 4.31 Å². The molecule has 47 heavy (non-hydrogen) atoms. The second-order valence-corrected chi connectivity index (χ2v) is 13.1. The maximum Gasteiger partial charge on any atom is 0.341 e. The summed E-state index contributed by atoms with van der Waals surface area (Å²) in [5.41, 5.74) is 3.25. The van der Waals surface area contributed by atoms with Gasteiger partial charge >= 0.3 is 11.9 Å². The second kappa shape index (κ2) is 15.2. The molecular formula is C35H37N3O8S. The highest BCUT2D eigenvalue weighted by molar-refractivity contribution is 7.89. The molecule has 1 aromatic heterocycles. The molecule has 0 bridgehead atoms. The molecule has 246 valence electrons. The first-order chi connectivity index (χ1) is 22.7. The number of ether oxygens (including phenoxy) is 3. The molecule has 2 heterocycles. The van der Waals surface area contributed by atoms with Gasteiger partial charge in [-0.15, -0.1) is 0 Å². The van der Waals surface area contributed by atoms with E-state index in [0.29, 0.717) is 54.8 Å². The third-order valence-electron chi connectivity index (χ3n) is 8.02. The minimum Gasteiger partial charge on any atom is -0.496 e. The van der Waals surface area contributed by atoms with Crippen LogP contribution in [-0.2, 0) is 30.8 Å². The Balaban J connectivity index is 1.38. The predicted octanol–water partition coefficient (Wildman–Crippen LogP) is 5.38. The second-order valence-electron chi connectivity index (χ2n) is 11.2. The average Bonchev–Trinajstić information content (AvgIpc) is 3.09. The fraction of sp³-hybridized carbons (Fsp3) is 0.314. The summed E-state index contributed by atoms with van der Waals surface area (Å²) >= 11 is 0. The molecule has 11 nitrogen and oxygen atoms in total. The van der Waals surface area contributed by atoms with Crippen molar-refractivity contribution in [3.8, 4) is 22.9 Å². The third-order valence-corrected chi connectivity index (χ3v) is 9.94. The van der Waals surface area contributed by atoms with Crippen LogP contribution in [0.1, 0.15) is 48.5 Å². The number of carbonyl (C=O) groups excluding carboxylic acids is 1. The van der Waals surface area contributed by atoms with Gasteiger partial charge in [-0.3, -0.25) is 4.79 Å². The summed E-state index contributed by atoms with van der Waals surface area (Å²) < 4.78 is 45.9. The highest BCUT2D eigenvalue weighted by Crippen LogP contribution is 2.32. The predicted molar refractivity (Wildman–Crippen MR) is 173 cm³/mol. The first kappa shape index (κ1) is 33.6. The Hall–Kier alpha value is -4.81. The van der Waals surface area contributed by atoms with E-state index < -0.39 is 40.7 Å². The minimum atomic E-state index is -4.04. The number of aromatic nitrogens is 2. The normalized spacial score (nSPS) is 15.8. The number of aryl methyl sites for hydroxylation is 2. The van der Waals surface area contributed by atoms with E-state index in [4.69, 9.17) is 19.3 Å². The molecule has 0 saturated carbocycles. The Kier molecular flexibility index (Phi) is 10.8. The van der Waals surface area contributed by atoms with Crippen LogP contribution in [0.5, 0.6) is 11.5 Å². The van der Waals surface area contributed by atoms with E-state index in [1.807, 2.05) is 25.1 Å². The van der Waals surface area contributed by atoms with E-state index in [-0.39, 0.29) is 11.4 Å². The zero-order valence-electron chi connectivity index (χ0n) is 26.2. The number of carboxylic acid groups (broad SMARTS) is 1. The maximum atomic E-state index is 13.9. The maximum absolute atomic E-state index is 13.9. The lowest BCUT2D eigenvalue weighted by Gasteiger charge is -2.34. The number of piperidine rings is 1. The number of aliphatic carboxylic acids is 1. The Morgan fingerprint density at radius 1 is 1.00 bits per heavy atom. The number of hydrogen-bond donors (Lipinski definition) is 1. The van der Waals surface area contributed by atoms with Crippen LogP contribution in [0, 0.1) is 6.92 Å². The van der Waals surface area contributed by atoms with Gasteiger partial charge < -0.3 is 19.3 Å². The summed E-state index contributed by atoms with van der Waals surface area (Å²) in [6.07, 6.45) is 5.01. The molecule has 1 aliphatic rings. The first-order valence-corrected chi connectivity index (χ1v) is 16.8. The standard InChI is InChI=1S/C35H37N3O8S/c1-24-21-25(10-16-31(24)44-2)11-17-32(27-7-5-8-28(22-27)45-23-33(39)40)46-35(41)30-9-3-4-20-38(30)47(42,43)29-14-12-26(13-15-29)34-36-18-6-19-37-34/h5-8,10,12-16,18-19,21-22,30,32H,3-4,9,11,17,20,23H2,1-2H3,(H,39,40). The van der Waals surface area contributed by atoms with Crippen molar-refractivity contribution in [3.63, 3.8) is 0 Å². The number of hydrogen-bond acceptors (Lipinski definition) is 9. The lowest BCUT2D eigenvalue weighted by molar-refractivity contribution is -0.155. The number of sulfonamides is 1. The Morgan fingerprint density at radius 2 is 1.77 bits per heavy atom. The lowest BCUT2D eigenvalue weighted by atomic mass is 9.99. The fourth-order valence-corrected chi connectivity index (χ4v) is 7.29. The van der Waals surface area contributed by atoms with Gasteiger partial charge in [0.25, 0.3) is 0 Å². The van der Waals surface area contributed by atoms with Gasteiger partial charge in [-0.25, -0.2) is 23.2 Å². The number of nitrogens with zero attached hydrogens (tertiary/aromatic N) is 3. The van der Waals surface area contributed by atoms with Crippen LogP contribution in [-0.4, -0.2) is 66.0 Å². The number of benzene rings is 3. The van der Waals surface area contributed by atoms with Crippen LogP contribution >= 0.6 is 0 Å². The number of methoxy groups -OCH3 is 1. The molecule has 3 aromatic carbocycles.